The number of allylic oxidation sites excluding steroid dienone is 1. The molecule has 116 valence electrons. The molecule has 0 aliphatic rings. The van der Waals surface area contributed by atoms with E-state index in [0.717, 1.165) is 16.8 Å². The number of hydrogen-bond donors (Lipinski definition) is 0. The van der Waals surface area contributed by atoms with Crippen molar-refractivity contribution in [2.45, 2.75) is 0 Å². The number of ketones is 1. The lowest BCUT2D eigenvalue weighted by Gasteiger charge is -1.98. The SMILES string of the molecule is O=C(/C=C\c1ccccc1)c1ccc(N=Cc2ccccc2)cc1. The van der Waals surface area contributed by atoms with E-state index in [9.17, 15) is 4.79 Å². The monoisotopic (exact) mass is 311 g/mol. The van der Waals surface area contributed by atoms with Gasteiger partial charge in [-0.25, -0.2) is 0 Å². The van der Waals surface area contributed by atoms with Crippen LogP contribution < -0.4 is 0 Å². The zero-order chi connectivity index (χ0) is 16.6. The van der Waals surface area contributed by atoms with Crippen LogP contribution in [0.15, 0.2) is 96.0 Å². The van der Waals surface area contributed by atoms with E-state index in [1.807, 2.05) is 85.1 Å². The second kappa shape index (κ2) is 7.84. The minimum absolute atomic E-state index is 0.0163. The highest BCUT2D eigenvalue weighted by molar-refractivity contribution is 6.07. The van der Waals surface area contributed by atoms with Gasteiger partial charge in [0.15, 0.2) is 5.78 Å². The van der Waals surface area contributed by atoms with Crippen molar-refractivity contribution in [1.82, 2.24) is 0 Å². The summed E-state index contributed by atoms with van der Waals surface area (Å²) in [6.45, 7) is 0. The molecule has 2 nitrogen and oxygen atoms in total. The Labute approximate surface area is 141 Å². The molecule has 24 heavy (non-hydrogen) atoms. The zero-order valence-corrected chi connectivity index (χ0v) is 13.2. The van der Waals surface area contributed by atoms with E-state index in [1.54, 1.807) is 18.2 Å². The molecule has 0 N–H and O–H groups in total. The summed E-state index contributed by atoms with van der Waals surface area (Å²) in [6.07, 6.45) is 5.23. The summed E-state index contributed by atoms with van der Waals surface area (Å²) in [6, 6.07) is 27.0. The number of carbonyl (C=O) groups excluding carboxylic acids is 1. The van der Waals surface area contributed by atoms with Gasteiger partial charge < -0.3 is 0 Å². The van der Waals surface area contributed by atoms with E-state index in [-0.39, 0.29) is 5.78 Å². The molecule has 0 bridgehead atoms. The van der Waals surface area contributed by atoms with Crippen LogP contribution in [-0.2, 0) is 0 Å². The summed E-state index contributed by atoms with van der Waals surface area (Å²) < 4.78 is 0. The molecule has 0 atom stereocenters. The summed E-state index contributed by atoms with van der Waals surface area (Å²) >= 11 is 0. The number of nitrogens with zero attached hydrogens (tertiary/aromatic N) is 1. The molecule has 0 spiro atoms. The predicted octanol–water partition coefficient (Wildman–Crippen LogP) is 5.33. The summed E-state index contributed by atoms with van der Waals surface area (Å²) in [5.74, 6) is -0.0163. The molecule has 3 rings (SSSR count). The van der Waals surface area contributed by atoms with Gasteiger partial charge in [0.05, 0.1) is 5.69 Å². The van der Waals surface area contributed by atoms with E-state index in [1.165, 1.54) is 0 Å². The van der Waals surface area contributed by atoms with Crippen molar-refractivity contribution >= 4 is 23.8 Å². The van der Waals surface area contributed by atoms with Crippen molar-refractivity contribution < 1.29 is 4.79 Å². The van der Waals surface area contributed by atoms with Crippen LogP contribution in [0.25, 0.3) is 6.08 Å². The maximum Gasteiger partial charge on any atom is 0.185 e. The van der Waals surface area contributed by atoms with Gasteiger partial charge in [0.1, 0.15) is 0 Å². The second-order valence-electron chi connectivity index (χ2n) is 5.32. The van der Waals surface area contributed by atoms with Gasteiger partial charge in [-0.15, -0.1) is 0 Å². The van der Waals surface area contributed by atoms with Gasteiger partial charge >= 0.3 is 0 Å². The van der Waals surface area contributed by atoms with E-state index in [0.29, 0.717) is 5.56 Å². The van der Waals surface area contributed by atoms with Crippen LogP contribution in [0.1, 0.15) is 21.5 Å². The largest absolute Gasteiger partial charge is 0.289 e. The minimum atomic E-state index is -0.0163. The average Bonchev–Trinajstić information content (AvgIpc) is 2.66. The molecule has 0 amide bonds. The van der Waals surface area contributed by atoms with E-state index >= 15 is 0 Å². The van der Waals surface area contributed by atoms with Crippen LogP contribution >= 0.6 is 0 Å². The molecule has 0 aromatic heterocycles. The molecule has 3 aromatic carbocycles. The van der Waals surface area contributed by atoms with Crippen LogP contribution in [0.3, 0.4) is 0 Å². The van der Waals surface area contributed by atoms with Gasteiger partial charge in [0.2, 0.25) is 0 Å². The zero-order valence-electron chi connectivity index (χ0n) is 13.2. The Hall–Kier alpha value is -3.26. The third-order valence-electron chi connectivity index (χ3n) is 3.54. The number of aliphatic imine (C=N–C) groups is 1. The van der Waals surface area contributed by atoms with Crippen molar-refractivity contribution in [1.29, 1.82) is 0 Å². The Morgan fingerprint density at radius 1 is 0.708 bits per heavy atom. The Balaban J connectivity index is 1.67. The Kier molecular flexibility index (Phi) is 5.10. The summed E-state index contributed by atoms with van der Waals surface area (Å²) in [5, 5.41) is 0. The molecule has 0 radical (unpaired) electrons. The minimum Gasteiger partial charge on any atom is -0.289 e. The Bertz CT molecular complexity index is 847. The van der Waals surface area contributed by atoms with Crippen molar-refractivity contribution in [2.75, 3.05) is 0 Å². The maximum absolute atomic E-state index is 12.2. The van der Waals surface area contributed by atoms with Gasteiger partial charge in [-0.05, 0) is 41.5 Å². The molecule has 0 aliphatic heterocycles. The van der Waals surface area contributed by atoms with Gasteiger partial charge in [-0.1, -0.05) is 66.7 Å². The predicted molar refractivity (Wildman–Crippen MR) is 99.9 cm³/mol. The first kappa shape index (κ1) is 15.6. The fourth-order valence-corrected chi connectivity index (χ4v) is 2.23. The van der Waals surface area contributed by atoms with E-state index in [2.05, 4.69) is 4.99 Å². The molecular formula is C22H17NO. The van der Waals surface area contributed by atoms with Gasteiger partial charge in [0.25, 0.3) is 0 Å². The van der Waals surface area contributed by atoms with Crippen LogP contribution in [0.2, 0.25) is 0 Å². The number of hydrogen-bond acceptors (Lipinski definition) is 2. The van der Waals surface area contributed by atoms with E-state index < -0.39 is 0 Å². The first-order valence-electron chi connectivity index (χ1n) is 7.78. The fourth-order valence-electron chi connectivity index (χ4n) is 2.23. The standard InChI is InChI=1S/C22H17NO/c24-22(16-11-18-7-3-1-4-8-18)20-12-14-21(15-13-20)23-17-19-9-5-2-6-10-19/h1-17H/b16-11-,23-17?. The van der Waals surface area contributed by atoms with Crippen LogP contribution in [-0.4, -0.2) is 12.0 Å². The first-order chi connectivity index (χ1) is 11.8. The summed E-state index contributed by atoms with van der Waals surface area (Å²) in [7, 11) is 0. The molecule has 0 saturated carbocycles. The Morgan fingerprint density at radius 3 is 1.92 bits per heavy atom. The third-order valence-corrected chi connectivity index (χ3v) is 3.54. The highest BCUT2D eigenvalue weighted by atomic mass is 16.1. The van der Waals surface area contributed by atoms with Crippen LogP contribution in [0.5, 0.6) is 0 Å². The molecular weight excluding hydrogens is 294 g/mol. The average molecular weight is 311 g/mol. The molecule has 0 fully saturated rings. The molecule has 0 unspecified atom stereocenters. The second-order valence-corrected chi connectivity index (χ2v) is 5.32. The van der Waals surface area contributed by atoms with Gasteiger partial charge in [0, 0.05) is 11.8 Å². The maximum atomic E-state index is 12.2. The van der Waals surface area contributed by atoms with Crippen molar-refractivity contribution in [3.05, 3.63) is 108 Å². The first-order valence-corrected chi connectivity index (χ1v) is 7.78. The normalized spacial score (nSPS) is 11.2. The molecule has 3 aromatic rings. The molecule has 0 aliphatic carbocycles. The number of benzene rings is 3. The Morgan fingerprint density at radius 2 is 1.29 bits per heavy atom. The lowest BCUT2D eigenvalue weighted by molar-refractivity contribution is 0.104. The van der Waals surface area contributed by atoms with Crippen molar-refractivity contribution in [3.63, 3.8) is 0 Å². The van der Waals surface area contributed by atoms with Crippen LogP contribution in [0, 0.1) is 0 Å². The highest BCUT2D eigenvalue weighted by Gasteiger charge is 2.01. The molecule has 0 saturated heterocycles. The van der Waals surface area contributed by atoms with Crippen molar-refractivity contribution in [2.24, 2.45) is 4.99 Å². The van der Waals surface area contributed by atoms with Crippen LogP contribution in [0.4, 0.5) is 5.69 Å². The summed E-state index contributed by atoms with van der Waals surface area (Å²) in [5.41, 5.74) is 3.53. The summed E-state index contributed by atoms with van der Waals surface area (Å²) in [4.78, 5) is 16.6. The number of carbonyl (C=O) groups is 1. The van der Waals surface area contributed by atoms with Gasteiger partial charge in [-0.2, -0.15) is 0 Å². The molecule has 0 heterocycles. The third kappa shape index (κ3) is 4.37. The topological polar surface area (TPSA) is 29.4 Å². The smallest absolute Gasteiger partial charge is 0.185 e. The fraction of sp³-hybridized carbons (Fsp3) is 0. The quantitative estimate of drug-likeness (QED) is 0.355. The van der Waals surface area contributed by atoms with E-state index in [4.69, 9.17) is 0 Å². The lowest BCUT2D eigenvalue weighted by Crippen LogP contribution is -1.93. The highest BCUT2D eigenvalue weighted by Crippen LogP contribution is 2.14. The number of rotatable bonds is 5. The van der Waals surface area contributed by atoms with Crippen molar-refractivity contribution in [3.8, 4) is 0 Å². The van der Waals surface area contributed by atoms with Gasteiger partial charge in [-0.3, -0.25) is 9.79 Å². The lowest BCUT2D eigenvalue weighted by atomic mass is 10.1. The molecule has 2 heteroatoms.